The van der Waals surface area contributed by atoms with E-state index in [4.69, 9.17) is 4.74 Å². The molecule has 2 nitrogen and oxygen atoms in total. The molecular formula is C15H26O2. The minimum atomic E-state index is -0.0836. The third-order valence-electron chi connectivity index (χ3n) is 4.47. The van der Waals surface area contributed by atoms with E-state index in [2.05, 4.69) is 33.8 Å². The van der Waals surface area contributed by atoms with Gasteiger partial charge in [-0.1, -0.05) is 46.3 Å². The van der Waals surface area contributed by atoms with E-state index in [0.717, 1.165) is 6.42 Å². The molecule has 0 saturated heterocycles. The fraction of sp³-hybridized carbons (Fsp3) is 0.800. The first kappa shape index (κ1) is 14.3. The standard InChI is InChI=1S/C15H26O2/c1-10(2)14(16)17-9-13-8-7-11(3)12(4)15(13,5)6/h7,10,12-13H,8-9H2,1-6H3/t12-,13+/m1/s1. The minimum absolute atomic E-state index is 0.0311. The maximum Gasteiger partial charge on any atom is 0.308 e. The van der Waals surface area contributed by atoms with Gasteiger partial charge in [-0.2, -0.15) is 0 Å². The van der Waals surface area contributed by atoms with Crippen LogP contribution in [0.2, 0.25) is 0 Å². The molecule has 0 aromatic rings. The summed E-state index contributed by atoms with van der Waals surface area (Å²) in [5.74, 6) is 0.874. The van der Waals surface area contributed by atoms with Gasteiger partial charge in [0.05, 0.1) is 12.5 Å². The zero-order chi connectivity index (χ0) is 13.2. The molecule has 1 rings (SSSR count). The molecule has 0 aromatic carbocycles. The van der Waals surface area contributed by atoms with Gasteiger partial charge in [0.2, 0.25) is 0 Å². The van der Waals surface area contributed by atoms with Crippen molar-refractivity contribution in [3.05, 3.63) is 11.6 Å². The van der Waals surface area contributed by atoms with Crippen molar-refractivity contribution in [1.29, 1.82) is 0 Å². The highest BCUT2D eigenvalue weighted by Gasteiger charge is 2.38. The second-order valence-corrected chi connectivity index (χ2v) is 6.21. The Bertz CT molecular complexity index is 313. The SMILES string of the molecule is CC1=CC[C@@H](COC(=O)C(C)C)C(C)(C)[C@@H]1C. The molecule has 0 amide bonds. The fourth-order valence-corrected chi connectivity index (χ4v) is 2.38. The lowest BCUT2D eigenvalue weighted by molar-refractivity contribution is -0.150. The number of allylic oxidation sites excluding steroid dienone is 2. The van der Waals surface area contributed by atoms with E-state index in [0.29, 0.717) is 18.4 Å². The van der Waals surface area contributed by atoms with Crippen LogP contribution in [0.3, 0.4) is 0 Å². The van der Waals surface area contributed by atoms with E-state index < -0.39 is 0 Å². The van der Waals surface area contributed by atoms with Crippen LogP contribution in [0.5, 0.6) is 0 Å². The van der Waals surface area contributed by atoms with E-state index in [1.165, 1.54) is 5.57 Å². The Kier molecular flexibility index (Phi) is 4.40. The number of carbonyl (C=O) groups excluding carboxylic acids is 1. The molecule has 0 heterocycles. The molecule has 0 bridgehead atoms. The van der Waals surface area contributed by atoms with Crippen molar-refractivity contribution in [1.82, 2.24) is 0 Å². The van der Waals surface area contributed by atoms with Crippen molar-refractivity contribution in [2.75, 3.05) is 6.61 Å². The summed E-state index contributed by atoms with van der Waals surface area (Å²) >= 11 is 0. The van der Waals surface area contributed by atoms with Crippen molar-refractivity contribution >= 4 is 5.97 Å². The van der Waals surface area contributed by atoms with Gasteiger partial charge in [0.1, 0.15) is 0 Å². The second-order valence-electron chi connectivity index (χ2n) is 6.21. The number of esters is 1. The Hall–Kier alpha value is -0.790. The quantitative estimate of drug-likeness (QED) is 0.552. The molecule has 1 aliphatic rings. The highest BCUT2D eigenvalue weighted by Crippen LogP contribution is 2.44. The van der Waals surface area contributed by atoms with Gasteiger partial charge < -0.3 is 4.74 Å². The zero-order valence-electron chi connectivity index (χ0n) is 12.0. The summed E-state index contributed by atoms with van der Waals surface area (Å²) in [6, 6.07) is 0. The molecule has 0 aromatic heterocycles. The number of hydrogen-bond donors (Lipinski definition) is 0. The molecule has 2 atom stereocenters. The van der Waals surface area contributed by atoms with E-state index in [1.54, 1.807) is 0 Å². The highest BCUT2D eigenvalue weighted by atomic mass is 16.5. The monoisotopic (exact) mass is 238 g/mol. The van der Waals surface area contributed by atoms with Gasteiger partial charge in [0.25, 0.3) is 0 Å². The van der Waals surface area contributed by atoms with Crippen LogP contribution in [0.1, 0.15) is 48.0 Å². The highest BCUT2D eigenvalue weighted by molar-refractivity contribution is 5.71. The summed E-state index contributed by atoms with van der Waals surface area (Å²) in [5.41, 5.74) is 1.66. The molecule has 0 unspecified atom stereocenters. The first-order chi connectivity index (χ1) is 7.76. The van der Waals surface area contributed by atoms with Crippen LogP contribution in [0.25, 0.3) is 0 Å². The first-order valence-electron chi connectivity index (χ1n) is 6.60. The van der Waals surface area contributed by atoms with Crippen molar-refractivity contribution in [2.45, 2.75) is 48.0 Å². The van der Waals surface area contributed by atoms with E-state index in [1.807, 2.05) is 13.8 Å². The number of hydrogen-bond acceptors (Lipinski definition) is 2. The first-order valence-corrected chi connectivity index (χ1v) is 6.60. The van der Waals surface area contributed by atoms with E-state index in [9.17, 15) is 4.79 Å². The lowest BCUT2D eigenvalue weighted by Crippen LogP contribution is -2.37. The topological polar surface area (TPSA) is 26.3 Å². The average Bonchev–Trinajstić information content (AvgIpc) is 2.24. The third-order valence-corrected chi connectivity index (χ3v) is 4.47. The molecule has 2 heteroatoms. The lowest BCUT2D eigenvalue weighted by Gasteiger charge is -2.43. The summed E-state index contributed by atoms with van der Waals surface area (Å²) < 4.78 is 5.39. The van der Waals surface area contributed by atoms with Crippen LogP contribution in [-0.2, 0) is 9.53 Å². The van der Waals surface area contributed by atoms with Crippen LogP contribution in [-0.4, -0.2) is 12.6 Å². The van der Waals surface area contributed by atoms with Crippen molar-refractivity contribution in [3.8, 4) is 0 Å². The molecule has 17 heavy (non-hydrogen) atoms. The van der Waals surface area contributed by atoms with Gasteiger partial charge in [0.15, 0.2) is 0 Å². The molecule has 0 spiro atoms. The van der Waals surface area contributed by atoms with Crippen molar-refractivity contribution in [3.63, 3.8) is 0 Å². The summed E-state index contributed by atoms with van der Waals surface area (Å²) in [6.07, 6.45) is 3.32. The van der Waals surface area contributed by atoms with Gasteiger partial charge in [-0.3, -0.25) is 4.79 Å². The Morgan fingerprint density at radius 1 is 1.53 bits per heavy atom. The van der Waals surface area contributed by atoms with Crippen LogP contribution in [0, 0.1) is 23.2 Å². The molecule has 0 aliphatic heterocycles. The molecule has 0 saturated carbocycles. The number of ether oxygens (including phenoxy) is 1. The normalized spacial score (nSPS) is 27.8. The molecule has 0 radical (unpaired) electrons. The zero-order valence-corrected chi connectivity index (χ0v) is 12.0. The van der Waals surface area contributed by atoms with Gasteiger partial charge in [0, 0.05) is 5.92 Å². The van der Waals surface area contributed by atoms with Crippen LogP contribution in [0.15, 0.2) is 11.6 Å². The van der Waals surface area contributed by atoms with E-state index >= 15 is 0 Å². The van der Waals surface area contributed by atoms with Crippen LogP contribution >= 0.6 is 0 Å². The largest absolute Gasteiger partial charge is 0.465 e. The van der Waals surface area contributed by atoms with Crippen molar-refractivity contribution < 1.29 is 9.53 Å². The Labute approximate surface area is 105 Å². The van der Waals surface area contributed by atoms with Crippen molar-refractivity contribution in [2.24, 2.45) is 23.2 Å². The van der Waals surface area contributed by atoms with Crippen LogP contribution < -0.4 is 0 Å². The Morgan fingerprint density at radius 3 is 2.65 bits per heavy atom. The Balaban J connectivity index is 2.64. The fourth-order valence-electron chi connectivity index (χ4n) is 2.38. The minimum Gasteiger partial charge on any atom is -0.465 e. The number of carbonyl (C=O) groups is 1. The Morgan fingerprint density at radius 2 is 2.12 bits per heavy atom. The summed E-state index contributed by atoms with van der Waals surface area (Å²) in [5, 5.41) is 0. The molecule has 98 valence electrons. The summed E-state index contributed by atoms with van der Waals surface area (Å²) in [7, 11) is 0. The van der Waals surface area contributed by atoms with Crippen LogP contribution in [0.4, 0.5) is 0 Å². The lowest BCUT2D eigenvalue weighted by atomic mass is 9.63. The van der Waals surface area contributed by atoms with E-state index in [-0.39, 0.29) is 17.3 Å². The third kappa shape index (κ3) is 3.11. The smallest absolute Gasteiger partial charge is 0.308 e. The summed E-state index contributed by atoms with van der Waals surface area (Å²) in [6.45, 7) is 13.3. The predicted octanol–water partition coefficient (Wildman–Crippen LogP) is 3.81. The average molecular weight is 238 g/mol. The van der Waals surface area contributed by atoms with Gasteiger partial charge >= 0.3 is 5.97 Å². The molecule has 0 N–H and O–H groups in total. The predicted molar refractivity (Wildman–Crippen MR) is 70.6 cm³/mol. The van der Waals surface area contributed by atoms with Gasteiger partial charge in [-0.05, 0) is 24.7 Å². The number of rotatable bonds is 3. The molecular weight excluding hydrogens is 212 g/mol. The molecule has 0 fully saturated rings. The van der Waals surface area contributed by atoms with Gasteiger partial charge in [-0.25, -0.2) is 0 Å². The molecule has 1 aliphatic carbocycles. The maximum atomic E-state index is 11.5. The maximum absolute atomic E-state index is 11.5. The second kappa shape index (κ2) is 5.24. The summed E-state index contributed by atoms with van der Waals surface area (Å²) in [4.78, 5) is 11.5. The van der Waals surface area contributed by atoms with Gasteiger partial charge in [-0.15, -0.1) is 0 Å².